The minimum absolute atomic E-state index is 0.147. The summed E-state index contributed by atoms with van der Waals surface area (Å²) in [6.45, 7) is 7.83. The van der Waals surface area contributed by atoms with Gasteiger partial charge in [0.15, 0.2) is 11.6 Å². The summed E-state index contributed by atoms with van der Waals surface area (Å²) in [5.41, 5.74) is 2.02. The highest BCUT2D eigenvalue weighted by atomic mass is 32.2. The van der Waals surface area contributed by atoms with Crippen LogP contribution in [0.15, 0.2) is 53.6 Å². The fraction of sp³-hybridized carbons (Fsp3) is 0.300. The lowest BCUT2D eigenvalue weighted by Crippen LogP contribution is -2.17. The molecule has 0 fully saturated rings. The highest BCUT2D eigenvalue weighted by Crippen LogP contribution is 2.30. The van der Waals surface area contributed by atoms with Crippen LogP contribution in [0.3, 0.4) is 0 Å². The van der Waals surface area contributed by atoms with Gasteiger partial charge in [-0.3, -0.25) is 9.40 Å². The van der Waals surface area contributed by atoms with Crippen LogP contribution in [0.25, 0.3) is 0 Å². The molecule has 0 saturated carbocycles. The van der Waals surface area contributed by atoms with Crippen LogP contribution in [0.1, 0.15) is 36.9 Å². The second-order valence-corrected chi connectivity index (χ2v) is 8.06. The first-order valence-corrected chi connectivity index (χ1v) is 10.5. The lowest BCUT2D eigenvalue weighted by Gasteiger charge is -2.18. The van der Waals surface area contributed by atoms with Gasteiger partial charge in [-0.1, -0.05) is 30.3 Å². The van der Waals surface area contributed by atoms with Gasteiger partial charge in [0.05, 0.1) is 11.4 Å². The maximum absolute atomic E-state index is 13.0. The van der Waals surface area contributed by atoms with Gasteiger partial charge >= 0.3 is 0 Å². The van der Waals surface area contributed by atoms with E-state index >= 15 is 0 Å². The van der Waals surface area contributed by atoms with E-state index in [0.717, 1.165) is 5.56 Å². The quantitative estimate of drug-likeness (QED) is 0.651. The molecule has 2 heterocycles. The molecule has 0 saturated heterocycles. The summed E-state index contributed by atoms with van der Waals surface area (Å²) in [6.07, 6.45) is 1.26. The van der Waals surface area contributed by atoms with Crippen molar-refractivity contribution in [2.24, 2.45) is 0 Å². The van der Waals surface area contributed by atoms with Crippen LogP contribution < -0.4 is 9.46 Å². The van der Waals surface area contributed by atoms with E-state index in [2.05, 4.69) is 14.8 Å². The average Bonchev–Trinajstić information content (AvgIpc) is 2.98. The van der Waals surface area contributed by atoms with Gasteiger partial charge in [0.2, 0.25) is 0 Å². The molecule has 1 aromatic carbocycles. The van der Waals surface area contributed by atoms with Gasteiger partial charge in [-0.15, -0.1) is 0 Å². The van der Waals surface area contributed by atoms with E-state index in [0.29, 0.717) is 23.7 Å². The Hall–Kier alpha value is -2.87. The SMILES string of the molecule is CCn1nc(C)c(S(=O)(=O)Nc2ncccc2O[C@@H](C)c2ccccc2)c1C. The topological polar surface area (TPSA) is 86.1 Å². The van der Waals surface area contributed by atoms with Crippen LogP contribution in [0.4, 0.5) is 5.82 Å². The van der Waals surface area contributed by atoms with Crippen LogP contribution in [-0.2, 0) is 16.6 Å². The number of aryl methyl sites for hydroxylation is 2. The van der Waals surface area contributed by atoms with Crippen LogP contribution in [0.5, 0.6) is 5.75 Å². The summed E-state index contributed by atoms with van der Waals surface area (Å²) in [6, 6.07) is 13.1. The van der Waals surface area contributed by atoms with E-state index in [1.165, 1.54) is 6.20 Å². The molecule has 7 nitrogen and oxygen atoms in total. The lowest BCUT2D eigenvalue weighted by atomic mass is 10.1. The highest BCUT2D eigenvalue weighted by Gasteiger charge is 2.26. The molecule has 3 rings (SSSR count). The molecular formula is C20H24N4O3S. The number of hydrogen-bond acceptors (Lipinski definition) is 5. The number of benzene rings is 1. The first-order chi connectivity index (χ1) is 13.3. The molecule has 1 N–H and O–H groups in total. The molecule has 28 heavy (non-hydrogen) atoms. The zero-order chi connectivity index (χ0) is 20.3. The monoisotopic (exact) mass is 400 g/mol. The number of anilines is 1. The summed E-state index contributed by atoms with van der Waals surface area (Å²) in [5, 5.41) is 4.29. The maximum atomic E-state index is 13.0. The van der Waals surface area contributed by atoms with Crippen LogP contribution in [-0.4, -0.2) is 23.2 Å². The summed E-state index contributed by atoms with van der Waals surface area (Å²) in [5.74, 6) is 0.508. The van der Waals surface area contributed by atoms with Crippen molar-refractivity contribution in [2.45, 2.75) is 45.2 Å². The highest BCUT2D eigenvalue weighted by molar-refractivity contribution is 7.92. The summed E-state index contributed by atoms with van der Waals surface area (Å²) >= 11 is 0. The van der Waals surface area contributed by atoms with E-state index < -0.39 is 10.0 Å². The van der Waals surface area contributed by atoms with Crippen molar-refractivity contribution in [1.82, 2.24) is 14.8 Å². The molecule has 0 amide bonds. The maximum Gasteiger partial charge on any atom is 0.266 e. The smallest absolute Gasteiger partial charge is 0.266 e. The molecular weight excluding hydrogens is 376 g/mol. The number of nitrogens with zero attached hydrogens (tertiary/aromatic N) is 3. The first kappa shape index (κ1) is 19.9. The fourth-order valence-corrected chi connectivity index (χ4v) is 4.53. The summed E-state index contributed by atoms with van der Waals surface area (Å²) in [7, 11) is -3.86. The molecule has 0 bridgehead atoms. The van der Waals surface area contributed by atoms with Crippen LogP contribution >= 0.6 is 0 Å². The van der Waals surface area contributed by atoms with Crippen molar-refractivity contribution in [2.75, 3.05) is 4.72 Å². The summed E-state index contributed by atoms with van der Waals surface area (Å²) < 4.78 is 36.3. The largest absolute Gasteiger partial charge is 0.482 e. The third-order valence-corrected chi connectivity index (χ3v) is 6.05. The Morgan fingerprint density at radius 1 is 1.14 bits per heavy atom. The molecule has 0 aliphatic heterocycles. The summed E-state index contributed by atoms with van der Waals surface area (Å²) in [4.78, 5) is 4.35. The third-order valence-electron chi connectivity index (χ3n) is 4.46. The van der Waals surface area contributed by atoms with Gasteiger partial charge in [0.1, 0.15) is 11.0 Å². The van der Waals surface area contributed by atoms with E-state index in [9.17, 15) is 8.42 Å². The third kappa shape index (κ3) is 4.01. The molecule has 0 spiro atoms. The minimum Gasteiger partial charge on any atom is -0.482 e. The van der Waals surface area contributed by atoms with Crippen LogP contribution in [0.2, 0.25) is 0 Å². The second kappa shape index (κ2) is 8.02. The molecule has 8 heteroatoms. The Balaban J connectivity index is 1.90. The van der Waals surface area contributed by atoms with E-state index in [-0.39, 0.29) is 16.8 Å². The number of ether oxygens (including phenoxy) is 1. The van der Waals surface area contributed by atoms with Crippen molar-refractivity contribution in [3.8, 4) is 5.75 Å². The Kier molecular flexibility index (Phi) is 5.69. The molecule has 2 aromatic heterocycles. The van der Waals surface area contributed by atoms with Gasteiger partial charge in [-0.05, 0) is 45.4 Å². The van der Waals surface area contributed by atoms with E-state index in [4.69, 9.17) is 4.74 Å². The second-order valence-electron chi connectivity index (χ2n) is 6.44. The predicted molar refractivity (Wildman–Crippen MR) is 108 cm³/mol. The number of pyridine rings is 1. The lowest BCUT2D eigenvalue weighted by molar-refractivity contribution is 0.227. The van der Waals surface area contributed by atoms with Crippen molar-refractivity contribution >= 4 is 15.8 Å². The van der Waals surface area contributed by atoms with Gasteiger partial charge in [-0.25, -0.2) is 13.4 Å². The average molecular weight is 401 g/mol. The number of aromatic nitrogens is 3. The Morgan fingerprint density at radius 3 is 2.50 bits per heavy atom. The zero-order valence-electron chi connectivity index (χ0n) is 16.4. The number of rotatable bonds is 7. The Labute approximate surface area is 165 Å². The van der Waals surface area contributed by atoms with E-state index in [1.54, 1.807) is 30.7 Å². The minimum atomic E-state index is -3.86. The van der Waals surface area contributed by atoms with Crippen molar-refractivity contribution < 1.29 is 13.2 Å². The molecule has 0 aliphatic rings. The van der Waals surface area contributed by atoms with Crippen LogP contribution in [0, 0.1) is 13.8 Å². The van der Waals surface area contributed by atoms with Gasteiger partial charge in [0.25, 0.3) is 10.0 Å². The Morgan fingerprint density at radius 2 is 1.86 bits per heavy atom. The molecule has 1 atom stereocenters. The van der Waals surface area contributed by atoms with Crippen molar-refractivity contribution in [3.63, 3.8) is 0 Å². The molecule has 0 unspecified atom stereocenters. The standard InChI is InChI=1S/C20H24N4O3S/c1-5-24-15(3)19(14(2)22-24)28(25,26)23-20-18(12-9-13-21-20)27-16(4)17-10-7-6-8-11-17/h6-13,16H,5H2,1-4H3,(H,21,23)/t16-/m0/s1. The Bertz CT molecular complexity index is 1060. The van der Waals surface area contributed by atoms with Gasteiger partial charge < -0.3 is 4.74 Å². The predicted octanol–water partition coefficient (Wildman–Crippen LogP) is 3.86. The zero-order valence-corrected chi connectivity index (χ0v) is 17.2. The molecule has 0 aliphatic carbocycles. The molecule has 148 valence electrons. The van der Waals surface area contributed by atoms with E-state index in [1.807, 2.05) is 44.2 Å². The fourth-order valence-electron chi connectivity index (χ4n) is 3.10. The number of hydrogen-bond donors (Lipinski definition) is 1. The normalized spacial score (nSPS) is 12.6. The number of nitrogens with one attached hydrogen (secondary N) is 1. The number of sulfonamides is 1. The first-order valence-electron chi connectivity index (χ1n) is 9.07. The van der Waals surface area contributed by atoms with Gasteiger partial charge in [0, 0.05) is 12.7 Å². The molecule has 3 aromatic rings. The van der Waals surface area contributed by atoms with Crippen molar-refractivity contribution in [1.29, 1.82) is 0 Å². The van der Waals surface area contributed by atoms with Gasteiger partial charge in [-0.2, -0.15) is 5.10 Å². The molecule has 0 radical (unpaired) electrons. The van der Waals surface area contributed by atoms with Crippen molar-refractivity contribution in [3.05, 3.63) is 65.6 Å².